The first-order chi connectivity index (χ1) is 12.4. The zero-order valence-electron chi connectivity index (χ0n) is 12.8. The fraction of sp³-hybridized carbons (Fsp3) is 0.231. The van der Waals surface area contributed by atoms with Crippen molar-refractivity contribution in [3.05, 3.63) is 35.5 Å². The highest BCUT2D eigenvalue weighted by atomic mass is 19.4. The molecule has 0 aliphatic carbocycles. The van der Waals surface area contributed by atoms with Crippen molar-refractivity contribution in [2.75, 3.05) is 11.9 Å². The molecule has 136 valence electrons. The smallest absolute Gasteiger partial charge is 0.388 e. The third-order valence-electron chi connectivity index (χ3n) is 3.29. The Hall–Kier alpha value is -3.35. The van der Waals surface area contributed by atoms with E-state index in [-0.39, 0.29) is 24.0 Å². The molecule has 3 aromatic rings. The number of nitrogens with one attached hydrogen (secondary N) is 1. The summed E-state index contributed by atoms with van der Waals surface area (Å²) in [6.45, 7) is -0.853. The molecule has 0 bridgehead atoms. The van der Waals surface area contributed by atoms with E-state index in [0.29, 0.717) is 5.56 Å². The molecular weight excluding hydrogens is 359 g/mol. The monoisotopic (exact) mass is 369 g/mol. The van der Waals surface area contributed by atoms with Crippen molar-refractivity contribution in [1.82, 2.24) is 30.5 Å². The van der Waals surface area contributed by atoms with Crippen molar-refractivity contribution in [2.24, 2.45) is 0 Å². The number of ketones is 1. The lowest BCUT2D eigenvalue weighted by molar-refractivity contribution is -0.137. The van der Waals surface area contributed by atoms with Crippen LogP contribution in [0.15, 0.2) is 28.9 Å². The zero-order chi connectivity index (χ0) is 18.7. The average molecular weight is 369 g/mol. The number of carbonyl (C=O) groups excluding carboxylic acids is 1. The molecule has 13 heteroatoms. The Labute approximate surface area is 142 Å². The van der Waals surface area contributed by atoms with Gasteiger partial charge < -0.3 is 10.4 Å². The minimum atomic E-state index is -4.44. The number of aromatic nitrogens is 6. The Kier molecular flexibility index (Phi) is 4.62. The molecule has 0 spiro atoms. The highest BCUT2D eigenvalue weighted by molar-refractivity contribution is 5.98. The molecule has 3 rings (SSSR count). The Morgan fingerprint density at radius 2 is 1.96 bits per heavy atom. The van der Waals surface area contributed by atoms with E-state index in [0.717, 1.165) is 12.1 Å². The molecular formula is C13H10F3N7O3. The van der Waals surface area contributed by atoms with Crippen LogP contribution >= 0.6 is 0 Å². The molecule has 0 amide bonds. The molecule has 0 unspecified atom stereocenters. The number of Topliss-reactive ketones (excluding diaryl/α,β-unsaturated/α-hetero) is 1. The molecule has 10 nitrogen and oxygen atoms in total. The summed E-state index contributed by atoms with van der Waals surface area (Å²) < 4.78 is 43.6. The van der Waals surface area contributed by atoms with Crippen LogP contribution in [0.2, 0.25) is 0 Å². The molecule has 0 fully saturated rings. The third-order valence-corrected chi connectivity index (χ3v) is 3.29. The molecule has 2 heterocycles. The summed E-state index contributed by atoms with van der Waals surface area (Å²) in [4.78, 5) is 11.5. The normalized spacial score (nSPS) is 11.5. The summed E-state index contributed by atoms with van der Waals surface area (Å²) in [6.07, 6.45) is -4.44. The van der Waals surface area contributed by atoms with Crippen LogP contribution in [0, 0.1) is 0 Å². The number of aliphatic hydroxyl groups is 1. The zero-order valence-corrected chi connectivity index (χ0v) is 12.8. The van der Waals surface area contributed by atoms with Gasteiger partial charge in [0.1, 0.15) is 13.3 Å². The topological polar surface area (TPSA) is 132 Å². The fourth-order valence-corrected chi connectivity index (χ4v) is 2.04. The molecule has 2 N–H and O–H groups in total. The highest BCUT2D eigenvalue weighted by Gasteiger charge is 2.30. The SMILES string of the molecule is O=C(CO)c1nonc1NCn1nnnc1-c1ccc(C(F)(F)F)cc1. The van der Waals surface area contributed by atoms with Crippen LogP contribution in [0.25, 0.3) is 11.4 Å². The van der Waals surface area contributed by atoms with Gasteiger partial charge in [-0.1, -0.05) is 12.1 Å². The summed E-state index contributed by atoms with van der Waals surface area (Å²) in [6, 6.07) is 4.31. The van der Waals surface area contributed by atoms with Crippen LogP contribution < -0.4 is 5.32 Å². The molecule has 0 saturated heterocycles. The minimum absolute atomic E-state index is 0.0297. The Bertz CT molecular complexity index is 904. The number of carbonyl (C=O) groups is 1. The maximum absolute atomic E-state index is 12.6. The summed E-state index contributed by atoms with van der Waals surface area (Å²) >= 11 is 0. The van der Waals surface area contributed by atoms with Crippen LogP contribution in [-0.4, -0.2) is 48.0 Å². The van der Waals surface area contributed by atoms with Gasteiger partial charge >= 0.3 is 6.18 Å². The number of nitrogens with zero attached hydrogens (tertiary/aromatic N) is 6. The van der Waals surface area contributed by atoms with E-state index in [4.69, 9.17) is 5.11 Å². The lowest BCUT2D eigenvalue weighted by atomic mass is 10.1. The molecule has 0 saturated carbocycles. The van der Waals surface area contributed by atoms with Crippen LogP contribution in [-0.2, 0) is 12.8 Å². The predicted octanol–water partition coefficient (Wildman–Crippen LogP) is 0.986. The summed E-state index contributed by atoms with van der Waals surface area (Å²) in [7, 11) is 0. The van der Waals surface area contributed by atoms with E-state index in [1.165, 1.54) is 16.8 Å². The van der Waals surface area contributed by atoms with E-state index in [1.54, 1.807) is 0 Å². The van der Waals surface area contributed by atoms with Gasteiger partial charge in [-0.15, -0.1) is 5.10 Å². The number of hydrogen-bond acceptors (Lipinski definition) is 9. The van der Waals surface area contributed by atoms with E-state index >= 15 is 0 Å². The second-order valence-corrected chi connectivity index (χ2v) is 4.95. The van der Waals surface area contributed by atoms with Crippen molar-refractivity contribution >= 4 is 11.6 Å². The van der Waals surface area contributed by atoms with Gasteiger partial charge in [0.2, 0.25) is 11.6 Å². The van der Waals surface area contributed by atoms with Crippen molar-refractivity contribution < 1.29 is 27.7 Å². The van der Waals surface area contributed by atoms with Gasteiger partial charge in [-0.3, -0.25) is 4.79 Å². The molecule has 0 aliphatic rings. The maximum atomic E-state index is 12.6. The molecule has 1 aromatic carbocycles. The van der Waals surface area contributed by atoms with Gasteiger partial charge in [-0.25, -0.2) is 9.31 Å². The standard InChI is InChI=1S/C13H10F3N7O3/c14-13(15,16)8-3-1-7(2-4-8)12-18-21-22-23(12)6-17-11-10(9(25)5-24)19-26-20-11/h1-4,24H,5-6H2,(H,17,20). The van der Waals surface area contributed by atoms with Gasteiger partial charge in [-0.05, 0) is 32.9 Å². The Morgan fingerprint density at radius 1 is 1.23 bits per heavy atom. The first kappa shape index (κ1) is 17.5. The number of hydrogen-bond donors (Lipinski definition) is 2. The van der Waals surface area contributed by atoms with E-state index in [2.05, 4.69) is 35.8 Å². The average Bonchev–Trinajstić information content (AvgIpc) is 3.27. The maximum Gasteiger partial charge on any atom is 0.416 e. The second kappa shape index (κ2) is 6.87. The highest BCUT2D eigenvalue weighted by Crippen LogP contribution is 2.30. The Morgan fingerprint density at radius 3 is 2.62 bits per heavy atom. The van der Waals surface area contributed by atoms with Crippen molar-refractivity contribution in [3.63, 3.8) is 0 Å². The lowest BCUT2D eigenvalue weighted by Gasteiger charge is -2.08. The number of anilines is 1. The van der Waals surface area contributed by atoms with Crippen LogP contribution in [0.5, 0.6) is 0 Å². The Balaban J connectivity index is 1.77. The van der Waals surface area contributed by atoms with Gasteiger partial charge in [0.05, 0.1) is 5.56 Å². The predicted molar refractivity (Wildman–Crippen MR) is 77.6 cm³/mol. The molecule has 0 radical (unpaired) electrons. The number of rotatable bonds is 6. The van der Waals surface area contributed by atoms with Crippen molar-refractivity contribution in [2.45, 2.75) is 12.8 Å². The summed E-state index contributed by atoms with van der Waals surface area (Å²) in [5.41, 5.74) is -0.634. The molecule has 0 aliphatic heterocycles. The first-order valence-electron chi connectivity index (χ1n) is 7.04. The van der Waals surface area contributed by atoms with Crippen LogP contribution in [0.1, 0.15) is 16.1 Å². The van der Waals surface area contributed by atoms with Crippen molar-refractivity contribution in [3.8, 4) is 11.4 Å². The molecule has 0 atom stereocenters. The first-order valence-corrected chi connectivity index (χ1v) is 7.04. The number of benzene rings is 1. The van der Waals surface area contributed by atoms with Crippen LogP contribution in [0.4, 0.5) is 19.0 Å². The summed E-state index contributed by atoms with van der Waals surface area (Å²) in [5.74, 6) is -0.538. The fourth-order valence-electron chi connectivity index (χ4n) is 2.04. The van der Waals surface area contributed by atoms with E-state index in [9.17, 15) is 18.0 Å². The third kappa shape index (κ3) is 3.51. The van der Waals surface area contributed by atoms with Crippen LogP contribution in [0.3, 0.4) is 0 Å². The van der Waals surface area contributed by atoms with Gasteiger partial charge in [0, 0.05) is 5.56 Å². The molecule has 2 aromatic heterocycles. The van der Waals surface area contributed by atoms with E-state index < -0.39 is 24.1 Å². The second-order valence-electron chi connectivity index (χ2n) is 4.95. The van der Waals surface area contributed by atoms with E-state index in [1.807, 2.05) is 0 Å². The lowest BCUT2D eigenvalue weighted by Crippen LogP contribution is -2.15. The quantitative estimate of drug-likeness (QED) is 0.610. The largest absolute Gasteiger partial charge is 0.416 e. The minimum Gasteiger partial charge on any atom is -0.388 e. The van der Waals surface area contributed by atoms with Crippen molar-refractivity contribution in [1.29, 1.82) is 0 Å². The number of tetrazole rings is 1. The van der Waals surface area contributed by atoms with Gasteiger partial charge in [-0.2, -0.15) is 13.2 Å². The number of halogens is 3. The molecule has 26 heavy (non-hydrogen) atoms. The van der Waals surface area contributed by atoms with Gasteiger partial charge in [0.25, 0.3) is 0 Å². The number of alkyl halides is 3. The number of aliphatic hydroxyl groups excluding tert-OH is 1. The van der Waals surface area contributed by atoms with Gasteiger partial charge in [0.15, 0.2) is 11.5 Å². The summed E-state index contributed by atoms with van der Waals surface area (Å²) in [5, 5.41) is 29.4.